The molecule has 1 aliphatic heterocycles. The number of carbonyl (C=O) groups is 1. The first-order valence-corrected chi connectivity index (χ1v) is 19.1. The van der Waals surface area contributed by atoms with E-state index in [1.165, 1.54) is 30.3 Å². The van der Waals surface area contributed by atoms with Gasteiger partial charge in [-0.05, 0) is 67.7 Å². The van der Waals surface area contributed by atoms with Crippen LogP contribution in [0.5, 0.6) is 5.75 Å². The lowest BCUT2D eigenvalue weighted by Crippen LogP contribution is -2.35. The molecule has 0 aliphatic carbocycles. The number of benzene rings is 3. The third-order valence-electron chi connectivity index (χ3n) is 8.07. The van der Waals surface area contributed by atoms with E-state index >= 15 is 0 Å². The molecule has 2 heterocycles. The van der Waals surface area contributed by atoms with Crippen molar-refractivity contribution in [1.82, 2.24) is 4.72 Å². The predicted octanol–water partition coefficient (Wildman–Crippen LogP) is 4.75. The number of allylic oxidation sites excluding steroid dienone is 2. The number of aliphatic carboxylic acids is 1. The van der Waals surface area contributed by atoms with E-state index in [2.05, 4.69) is 4.72 Å². The topological polar surface area (TPSA) is 213 Å². The molecule has 1 aliphatic rings. The summed E-state index contributed by atoms with van der Waals surface area (Å²) in [7, 11) is -8.53. The van der Waals surface area contributed by atoms with Gasteiger partial charge in [-0.25, -0.2) is 21.6 Å². The number of carboxylic acid groups (broad SMARTS) is 1. The highest BCUT2D eigenvalue weighted by Gasteiger charge is 2.28. The molecule has 0 spiro atoms. The van der Waals surface area contributed by atoms with E-state index in [0.717, 1.165) is 36.1 Å². The van der Waals surface area contributed by atoms with Gasteiger partial charge >= 0.3 is 11.9 Å². The van der Waals surface area contributed by atoms with Gasteiger partial charge in [-0.1, -0.05) is 18.2 Å². The molecule has 0 atom stereocenters. The van der Waals surface area contributed by atoms with Crippen LogP contribution in [0, 0.1) is 17.0 Å². The van der Waals surface area contributed by atoms with Crippen molar-refractivity contribution in [2.24, 2.45) is 0 Å². The number of non-ortho nitro benzene ring substituents is 1. The van der Waals surface area contributed by atoms with E-state index < -0.39 is 35.9 Å². The van der Waals surface area contributed by atoms with Gasteiger partial charge in [0.2, 0.25) is 21.5 Å². The van der Waals surface area contributed by atoms with Crippen molar-refractivity contribution in [3.63, 3.8) is 0 Å². The summed E-state index contributed by atoms with van der Waals surface area (Å²) < 4.78 is 77.3. The second-order valence-corrected chi connectivity index (χ2v) is 15.2. The first kappa shape index (κ1) is 37.2. The molecule has 51 heavy (non-hydrogen) atoms. The lowest BCUT2D eigenvalue weighted by molar-refractivity contribution is -0.678. The number of ether oxygens (including phenoxy) is 1. The predicted molar refractivity (Wildman–Crippen MR) is 185 cm³/mol. The highest BCUT2D eigenvalue weighted by atomic mass is 32.2. The molecule has 0 fully saturated rings. The van der Waals surface area contributed by atoms with Crippen molar-refractivity contribution in [2.75, 3.05) is 17.2 Å². The fourth-order valence-corrected chi connectivity index (χ4v) is 7.04. The average molecular weight is 741 g/mol. The van der Waals surface area contributed by atoms with Crippen molar-refractivity contribution in [3.8, 4) is 5.75 Å². The van der Waals surface area contributed by atoms with Gasteiger partial charge in [-0.2, -0.15) is 4.57 Å². The molecule has 270 valence electrons. The fraction of sp³-hybridized carbons (Fsp3) is 0.294. The zero-order chi connectivity index (χ0) is 36.8. The molecule has 2 N–H and O–H groups in total. The highest BCUT2D eigenvalue weighted by Crippen LogP contribution is 2.40. The Kier molecular flexibility index (Phi) is 11.5. The number of unbranched alkanes of at least 4 members (excludes halogenated alkanes) is 2. The summed E-state index contributed by atoms with van der Waals surface area (Å²) in [5.74, 6) is -0.214. The van der Waals surface area contributed by atoms with Crippen molar-refractivity contribution in [3.05, 3.63) is 106 Å². The molecule has 4 aromatic rings. The lowest BCUT2D eigenvalue weighted by Gasteiger charge is -2.18. The number of aryl methyl sites for hydroxylation is 2. The van der Waals surface area contributed by atoms with Crippen molar-refractivity contribution < 1.29 is 49.9 Å². The van der Waals surface area contributed by atoms with E-state index in [4.69, 9.17) is 14.3 Å². The number of oxazole rings is 1. The number of nitrogens with one attached hydrogen (secondary N) is 1. The summed E-state index contributed by atoms with van der Waals surface area (Å²) in [5.41, 5.74) is 3.43. The number of hydrogen-bond donors (Lipinski definition) is 2. The summed E-state index contributed by atoms with van der Waals surface area (Å²) in [6.07, 6.45) is 7.25. The Morgan fingerprint density at radius 1 is 1.02 bits per heavy atom. The van der Waals surface area contributed by atoms with E-state index in [9.17, 15) is 36.3 Å². The SMILES string of the molecule is Cc1ccc2c(c1)oc(/C=C/C=C1\Oc3cc(S(=O)(=O)[O-])ccc3N1CCCS(=O)(=O)NCc1ccc([N+](=O)[O-])cc1)[n+]2CCCCCC(=O)O. The first-order valence-electron chi connectivity index (χ1n) is 16.0. The maximum Gasteiger partial charge on any atom is 0.374 e. The zero-order valence-corrected chi connectivity index (χ0v) is 29.2. The molecule has 15 nitrogen and oxygen atoms in total. The Balaban J connectivity index is 1.33. The van der Waals surface area contributed by atoms with Gasteiger partial charge in [0.05, 0.1) is 27.3 Å². The molecular formula is C34H36N4O11S2. The van der Waals surface area contributed by atoms with Crippen molar-refractivity contribution >= 4 is 54.7 Å². The Morgan fingerprint density at radius 2 is 1.78 bits per heavy atom. The number of fused-ring (bicyclic) bond motifs is 2. The second kappa shape index (κ2) is 15.8. The van der Waals surface area contributed by atoms with Gasteiger partial charge in [-0.15, -0.1) is 0 Å². The standard InChI is InChI=1S/C34H36N4O11S2/c1-24-10-16-28-30(21-24)48-32(36(28)18-4-2-3-9-34(39)40)7-5-8-33-37(29-17-15-27(51(45,46)47)22-31(29)49-33)19-6-20-50(43,44)35-23-25-11-13-26(14-12-25)38(41)42/h5,7-8,10-17,21-22,35H,2-4,6,9,18-20,23H2,1H3,(H-,39,40,45,46,47). The first-order chi connectivity index (χ1) is 24.2. The van der Waals surface area contributed by atoms with Gasteiger partial charge in [0.1, 0.15) is 10.1 Å². The summed E-state index contributed by atoms with van der Waals surface area (Å²) in [5, 5.41) is 19.8. The van der Waals surface area contributed by atoms with Gasteiger partial charge in [0.25, 0.3) is 11.2 Å². The summed E-state index contributed by atoms with van der Waals surface area (Å²) >= 11 is 0. The van der Waals surface area contributed by atoms with Crippen LogP contribution in [0.2, 0.25) is 0 Å². The van der Waals surface area contributed by atoms with E-state index in [-0.39, 0.29) is 49.0 Å². The van der Waals surface area contributed by atoms with Crippen LogP contribution in [0.15, 0.2) is 88.0 Å². The van der Waals surface area contributed by atoms with Crippen LogP contribution in [-0.2, 0) is 38.0 Å². The molecule has 5 rings (SSSR count). The van der Waals surface area contributed by atoms with E-state index in [1.807, 2.05) is 29.7 Å². The van der Waals surface area contributed by atoms with Gasteiger partial charge in [0, 0.05) is 50.2 Å². The molecule has 0 unspecified atom stereocenters. The Labute approximate surface area is 294 Å². The minimum absolute atomic E-state index is 0.0535. The Morgan fingerprint density at radius 3 is 2.49 bits per heavy atom. The molecule has 17 heteroatoms. The third kappa shape index (κ3) is 9.78. The molecule has 3 aromatic carbocycles. The summed E-state index contributed by atoms with van der Waals surface area (Å²) in [4.78, 5) is 22.4. The molecule has 0 saturated heterocycles. The van der Waals surface area contributed by atoms with Crippen LogP contribution < -0.4 is 18.9 Å². The van der Waals surface area contributed by atoms with Crippen LogP contribution in [0.3, 0.4) is 0 Å². The molecule has 0 radical (unpaired) electrons. The number of nitrogens with zero attached hydrogens (tertiary/aromatic N) is 3. The Bertz CT molecular complexity index is 2210. The normalized spacial score (nSPS) is 14.0. The molecular weight excluding hydrogens is 705 g/mol. The van der Waals surface area contributed by atoms with Crippen LogP contribution in [0.4, 0.5) is 11.4 Å². The number of sulfonamides is 1. The maximum absolute atomic E-state index is 12.8. The van der Waals surface area contributed by atoms with Crippen molar-refractivity contribution in [1.29, 1.82) is 0 Å². The average Bonchev–Trinajstić information content (AvgIpc) is 3.59. The maximum atomic E-state index is 12.8. The number of anilines is 1. The quantitative estimate of drug-likeness (QED) is 0.0494. The number of rotatable bonds is 17. The minimum Gasteiger partial charge on any atom is -0.744 e. The summed E-state index contributed by atoms with van der Waals surface area (Å²) in [6, 6.07) is 15.1. The summed E-state index contributed by atoms with van der Waals surface area (Å²) in [6.45, 7) is 2.63. The van der Waals surface area contributed by atoms with Crippen LogP contribution in [-0.4, -0.2) is 49.7 Å². The lowest BCUT2D eigenvalue weighted by atomic mass is 10.2. The minimum atomic E-state index is -4.77. The van der Waals surface area contributed by atoms with E-state index in [1.54, 1.807) is 23.1 Å². The largest absolute Gasteiger partial charge is 0.744 e. The monoisotopic (exact) mass is 740 g/mol. The van der Waals surface area contributed by atoms with Crippen LogP contribution >= 0.6 is 0 Å². The van der Waals surface area contributed by atoms with E-state index in [0.29, 0.717) is 35.7 Å². The van der Waals surface area contributed by atoms with Gasteiger partial charge in [-0.3, -0.25) is 14.9 Å². The molecule has 0 saturated carbocycles. The van der Waals surface area contributed by atoms with Crippen molar-refractivity contribution in [2.45, 2.75) is 57.0 Å². The van der Waals surface area contributed by atoms with Crippen LogP contribution in [0.25, 0.3) is 17.2 Å². The highest BCUT2D eigenvalue weighted by molar-refractivity contribution is 7.89. The van der Waals surface area contributed by atoms with Gasteiger partial charge in [0.15, 0.2) is 12.3 Å². The third-order valence-corrected chi connectivity index (χ3v) is 10.3. The smallest absolute Gasteiger partial charge is 0.374 e. The number of carboxylic acids is 1. The molecule has 0 bridgehead atoms. The number of aromatic nitrogens is 1. The zero-order valence-electron chi connectivity index (χ0n) is 27.6. The fourth-order valence-electron chi connectivity index (χ4n) is 5.51. The number of nitro benzene ring substituents is 1. The molecule has 1 aromatic heterocycles. The number of hydrogen-bond acceptors (Lipinski definition) is 11. The van der Waals surface area contributed by atoms with Crippen LogP contribution in [0.1, 0.15) is 49.1 Å². The molecule has 0 amide bonds. The number of nitro groups is 1. The Hall–Kier alpha value is -5.10. The van der Waals surface area contributed by atoms with Gasteiger partial charge < -0.3 is 23.7 Å². The second-order valence-electron chi connectivity index (χ2n) is 11.9.